The highest BCUT2D eigenvalue weighted by Crippen LogP contribution is 2.23. The van der Waals surface area contributed by atoms with Gasteiger partial charge in [0.2, 0.25) is 16.9 Å². The van der Waals surface area contributed by atoms with Crippen LogP contribution in [0.2, 0.25) is 5.02 Å². The molecule has 0 unspecified atom stereocenters. The number of hydrogen-bond donors (Lipinski definition) is 0. The van der Waals surface area contributed by atoms with Crippen LogP contribution < -0.4 is 0 Å². The summed E-state index contributed by atoms with van der Waals surface area (Å²) in [6.45, 7) is 0.646. The van der Waals surface area contributed by atoms with E-state index in [1.54, 1.807) is 28.2 Å². The summed E-state index contributed by atoms with van der Waals surface area (Å²) >= 11 is 9.01. The molecule has 4 rings (SSSR count). The molecule has 3 heterocycles. The second-order valence-corrected chi connectivity index (χ2v) is 7.42. The minimum atomic E-state index is 0.491. The van der Waals surface area contributed by atoms with Crippen LogP contribution in [0.1, 0.15) is 10.8 Å². The van der Waals surface area contributed by atoms with Crippen LogP contribution in [0.15, 0.2) is 51.5 Å². The van der Waals surface area contributed by atoms with Gasteiger partial charge in [-0.1, -0.05) is 34.6 Å². The van der Waals surface area contributed by atoms with E-state index >= 15 is 0 Å². The Labute approximate surface area is 156 Å². The Morgan fingerprint density at radius 1 is 1.20 bits per heavy atom. The Hall–Kier alpha value is -2.23. The predicted octanol–water partition coefficient (Wildman–Crippen LogP) is 3.78. The minimum absolute atomic E-state index is 0.491. The van der Waals surface area contributed by atoms with Crippen molar-refractivity contribution in [3.63, 3.8) is 0 Å². The number of tetrazole rings is 1. The second kappa shape index (κ2) is 7.34. The van der Waals surface area contributed by atoms with Crippen LogP contribution in [0.4, 0.5) is 0 Å². The SMILES string of the molecule is Clc1ccc(-c2noc(CSc3nnnn3Cc3cccs3)n2)cc1. The van der Waals surface area contributed by atoms with Crippen molar-refractivity contribution in [2.75, 3.05) is 0 Å². The van der Waals surface area contributed by atoms with E-state index in [0.717, 1.165) is 5.56 Å². The molecule has 0 atom stereocenters. The molecular formula is C15H11ClN6OS2. The standard InChI is InChI=1S/C15H11ClN6OS2/c16-11-5-3-10(4-6-11)14-17-13(23-19-14)9-25-15-18-20-21-22(15)8-12-2-1-7-24-12/h1-7H,8-9H2. The predicted molar refractivity (Wildman–Crippen MR) is 95.5 cm³/mol. The van der Waals surface area contributed by atoms with Gasteiger partial charge in [-0.25, -0.2) is 4.68 Å². The number of halogens is 1. The van der Waals surface area contributed by atoms with E-state index in [0.29, 0.717) is 34.2 Å². The van der Waals surface area contributed by atoms with Crippen molar-refractivity contribution in [1.29, 1.82) is 0 Å². The van der Waals surface area contributed by atoms with E-state index < -0.39 is 0 Å². The van der Waals surface area contributed by atoms with Crippen LogP contribution >= 0.6 is 34.7 Å². The summed E-state index contributed by atoms with van der Waals surface area (Å²) in [5, 5.41) is 19.2. The highest BCUT2D eigenvalue weighted by Gasteiger charge is 2.13. The molecule has 0 amide bonds. The second-order valence-electron chi connectivity index (χ2n) is 5.01. The Morgan fingerprint density at radius 3 is 2.88 bits per heavy atom. The molecule has 0 fully saturated rings. The van der Waals surface area contributed by atoms with Gasteiger partial charge in [-0.05, 0) is 46.1 Å². The molecule has 0 aliphatic rings. The lowest BCUT2D eigenvalue weighted by molar-refractivity contribution is 0.391. The maximum atomic E-state index is 5.89. The van der Waals surface area contributed by atoms with Gasteiger partial charge in [-0.3, -0.25) is 0 Å². The van der Waals surface area contributed by atoms with Gasteiger partial charge in [0.15, 0.2) is 0 Å². The molecule has 0 bridgehead atoms. The van der Waals surface area contributed by atoms with E-state index in [1.165, 1.54) is 16.6 Å². The lowest BCUT2D eigenvalue weighted by Gasteiger charge is -2.00. The summed E-state index contributed by atoms with van der Waals surface area (Å²) in [6.07, 6.45) is 0. The minimum Gasteiger partial charge on any atom is -0.338 e. The van der Waals surface area contributed by atoms with Crippen molar-refractivity contribution in [1.82, 2.24) is 30.3 Å². The number of rotatable bonds is 6. The quantitative estimate of drug-likeness (QED) is 0.463. The van der Waals surface area contributed by atoms with Crippen LogP contribution in [0.25, 0.3) is 11.4 Å². The van der Waals surface area contributed by atoms with Crippen LogP contribution in [-0.2, 0) is 12.3 Å². The summed E-state index contributed by atoms with van der Waals surface area (Å²) in [7, 11) is 0. The largest absolute Gasteiger partial charge is 0.338 e. The summed E-state index contributed by atoms with van der Waals surface area (Å²) < 4.78 is 7.06. The van der Waals surface area contributed by atoms with Gasteiger partial charge in [0.1, 0.15) is 0 Å². The fraction of sp³-hybridized carbons (Fsp3) is 0.133. The van der Waals surface area contributed by atoms with E-state index in [4.69, 9.17) is 16.1 Å². The van der Waals surface area contributed by atoms with E-state index in [-0.39, 0.29) is 0 Å². The van der Waals surface area contributed by atoms with Crippen LogP contribution in [-0.4, -0.2) is 30.3 Å². The van der Waals surface area contributed by atoms with E-state index in [2.05, 4.69) is 31.7 Å². The van der Waals surface area contributed by atoms with E-state index in [1.807, 2.05) is 23.6 Å². The molecule has 0 aliphatic heterocycles. The number of thiophene rings is 1. The molecule has 10 heteroatoms. The number of benzene rings is 1. The summed E-state index contributed by atoms with van der Waals surface area (Å²) in [6, 6.07) is 11.4. The van der Waals surface area contributed by atoms with Gasteiger partial charge in [0, 0.05) is 15.5 Å². The molecule has 0 radical (unpaired) electrons. The fourth-order valence-electron chi connectivity index (χ4n) is 2.11. The lowest BCUT2D eigenvalue weighted by atomic mass is 10.2. The third kappa shape index (κ3) is 3.89. The molecule has 1 aromatic carbocycles. The van der Waals surface area contributed by atoms with Gasteiger partial charge in [-0.15, -0.1) is 16.4 Å². The van der Waals surface area contributed by atoms with Crippen molar-refractivity contribution in [2.45, 2.75) is 17.5 Å². The fourth-order valence-corrected chi connectivity index (χ4v) is 3.63. The summed E-state index contributed by atoms with van der Waals surface area (Å²) in [5.41, 5.74) is 0.854. The molecule has 0 saturated carbocycles. The van der Waals surface area contributed by atoms with E-state index in [9.17, 15) is 0 Å². The van der Waals surface area contributed by atoms with Crippen LogP contribution in [0.5, 0.6) is 0 Å². The summed E-state index contributed by atoms with van der Waals surface area (Å²) in [5.74, 6) is 1.54. The molecule has 7 nitrogen and oxygen atoms in total. The molecular weight excluding hydrogens is 380 g/mol. The summed E-state index contributed by atoms with van der Waals surface area (Å²) in [4.78, 5) is 5.59. The number of thioether (sulfide) groups is 1. The number of nitrogens with zero attached hydrogens (tertiary/aromatic N) is 6. The van der Waals surface area contributed by atoms with Gasteiger partial charge in [-0.2, -0.15) is 4.98 Å². The average Bonchev–Trinajstić information content (AvgIpc) is 3.36. The highest BCUT2D eigenvalue weighted by molar-refractivity contribution is 7.98. The molecule has 0 spiro atoms. The first-order valence-corrected chi connectivity index (χ1v) is 9.52. The first-order valence-electron chi connectivity index (χ1n) is 7.28. The Morgan fingerprint density at radius 2 is 2.08 bits per heavy atom. The van der Waals surface area contributed by atoms with Crippen molar-refractivity contribution < 1.29 is 4.52 Å². The topological polar surface area (TPSA) is 82.5 Å². The van der Waals surface area contributed by atoms with Crippen molar-refractivity contribution in [2.24, 2.45) is 0 Å². The Balaban J connectivity index is 1.42. The normalized spacial score (nSPS) is 11.1. The Bertz CT molecular complexity index is 951. The molecule has 0 saturated heterocycles. The maximum Gasteiger partial charge on any atom is 0.237 e. The first-order chi connectivity index (χ1) is 12.3. The van der Waals surface area contributed by atoms with Gasteiger partial charge >= 0.3 is 0 Å². The average molecular weight is 391 g/mol. The molecule has 0 aliphatic carbocycles. The zero-order valence-electron chi connectivity index (χ0n) is 12.7. The third-order valence-corrected chi connectivity index (χ3v) is 5.34. The first kappa shape index (κ1) is 16.2. The van der Waals surface area contributed by atoms with Gasteiger partial charge in [0.25, 0.3) is 0 Å². The zero-order chi connectivity index (χ0) is 17.1. The zero-order valence-corrected chi connectivity index (χ0v) is 15.1. The Kier molecular flexibility index (Phi) is 4.77. The number of hydrogen-bond acceptors (Lipinski definition) is 8. The lowest BCUT2D eigenvalue weighted by Crippen LogP contribution is -2.02. The third-order valence-electron chi connectivity index (χ3n) is 3.28. The van der Waals surface area contributed by atoms with Gasteiger partial charge < -0.3 is 4.52 Å². The van der Waals surface area contributed by atoms with Crippen molar-refractivity contribution in [3.8, 4) is 11.4 Å². The smallest absolute Gasteiger partial charge is 0.237 e. The molecule has 0 N–H and O–H groups in total. The van der Waals surface area contributed by atoms with Gasteiger partial charge in [0.05, 0.1) is 12.3 Å². The maximum absolute atomic E-state index is 5.89. The highest BCUT2D eigenvalue weighted by atomic mass is 35.5. The molecule has 126 valence electrons. The number of aromatic nitrogens is 6. The van der Waals surface area contributed by atoms with Crippen LogP contribution in [0, 0.1) is 0 Å². The van der Waals surface area contributed by atoms with Crippen LogP contribution in [0.3, 0.4) is 0 Å². The van der Waals surface area contributed by atoms with Crippen molar-refractivity contribution in [3.05, 3.63) is 57.6 Å². The molecule has 4 aromatic rings. The molecule has 25 heavy (non-hydrogen) atoms. The van der Waals surface area contributed by atoms with Crippen molar-refractivity contribution >= 4 is 34.7 Å². The monoisotopic (exact) mass is 390 g/mol. The molecule has 3 aromatic heterocycles.